The number of methoxy groups -OCH3 is 1. The van der Waals surface area contributed by atoms with Gasteiger partial charge in [-0.2, -0.15) is 0 Å². The lowest BCUT2D eigenvalue weighted by molar-refractivity contribution is -0.147. The first kappa shape index (κ1) is 14.3. The molecule has 0 fully saturated rings. The summed E-state index contributed by atoms with van der Waals surface area (Å²) >= 11 is 0. The molecule has 0 bridgehead atoms. The first-order valence-electron chi connectivity index (χ1n) is 5.66. The molecule has 100 valence electrons. The van der Waals surface area contributed by atoms with E-state index >= 15 is 0 Å². The molecule has 0 saturated heterocycles. The number of carboxylic acids is 1. The second kappa shape index (κ2) is 6.26. The molecule has 1 unspecified atom stereocenters. The van der Waals surface area contributed by atoms with Gasteiger partial charge in [0.15, 0.2) is 17.6 Å². The number of carbonyl (C=O) groups is 1. The smallest absolute Gasteiger partial charge is 0.345 e. The van der Waals surface area contributed by atoms with Crippen molar-refractivity contribution >= 4 is 5.97 Å². The second-order valence-electron chi connectivity index (χ2n) is 4.26. The average Bonchev–Trinajstić information content (AvgIpc) is 2.34. The first-order valence-corrected chi connectivity index (χ1v) is 5.66. The van der Waals surface area contributed by atoms with E-state index in [9.17, 15) is 4.79 Å². The molecule has 5 nitrogen and oxygen atoms in total. The SMILES string of the molecule is COc1cc(CO)ccc1OC(C(=O)O)C(C)C. The normalized spacial score (nSPS) is 12.3. The summed E-state index contributed by atoms with van der Waals surface area (Å²) < 4.78 is 10.6. The van der Waals surface area contributed by atoms with Crippen molar-refractivity contribution in [2.45, 2.75) is 26.6 Å². The third kappa shape index (κ3) is 3.37. The van der Waals surface area contributed by atoms with Crippen molar-refractivity contribution < 1.29 is 24.5 Å². The summed E-state index contributed by atoms with van der Waals surface area (Å²) in [4.78, 5) is 11.1. The minimum atomic E-state index is -1.02. The van der Waals surface area contributed by atoms with E-state index in [0.717, 1.165) is 0 Å². The maximum atomic E-state index is 11.1. The highest BCUT2D eigenvalue weighted by molar-refractivity contribution is 5.73. The standard InChI is InChI=1S/C13H18O5/c1-8(2)12(13(15)16)18-10-5-4-9(7-14)6-11(10)17-3/h4-6,8,12,14H,7H2,1-3H3,(H,15,16). The summed E-state index contributed by atoms with van der Waals surface area (Å²) in [6.45, 7) is 3.43. The van der Waals surface area contributed by atoms with Crippen molar-refractivity contribution in [3.05, 3.63) is 23.8 Å². The lowest BCUT2D eigenvalue weighted by Crippen LogP contribution is -2.32. The highest BCUT2D eigenvalue weighted by atomic mass is 16.5. The molecule has 2 N–H and O–H groups in total. The fourth-order valence-electron chi connectivity index (χ4n) is 1.52. The van der Waals surface area contributed by atoms with Crippen molar-refractivity contribution in [2.75, 3.05) is 7.11 Å². The fourth-order valence-corrected chi connectivity index (χ4v) is 1.52. The Balaban J connectivity index is 2.98. The molecule has 5 heteroatoms. The summed E-state index contributed by atoms with van der Waals surface area (Å²) in [6, 6.07) is 4.88. The predicted octanol–water partition coefficient (Wildman–Crippen LogP) is 1.68. The number of aliphatic hydroxyl groups excluding tert-OH is 1. The minimum absolute atomic E-state index is 0.108. The summed E-state index contributed by atoms with van der Waals surface area (Å²) in [5.74, 6) is -0.410. The zero-order valence-electron chi connectivity index (χ0n) is 10.7. The van der Waals surface area contributed by atoms with Crippen LogP contribution in [0.25, 0.3) is 0 Å². The molecule has 0 radical (unpaired) electrons. The molecule has 0 aliphatic heterocycles. The van der Waals surface area contributed by atoms with E-state index in [2.05, 4.69) is 0 Å². The average molecular weight is 254 g/mol. The number of aliphatic hydroxyl groups is 1. The molecular formula is C13H18O5. The van der Waals surface area contributed by atoms with Gasteiger partial charge in [-0.3, -0.25) is 0 Å². The third-order valence-electron chi connectivity index (χ3n) is 2.51. The molecule has 0 saturated carbocycles. The fraction of sp³-hybridized carbons (Fsp3) is 0.462. The van der Waals surface area contributed by atoms with Crippen LogP contribution < -0.4 is 9.47 Å². The molecule has 18 heavy (non-hydrogen) atoms. The van der Waals surface area contributed by atoms with E-state index in [-0.39, 0.29) is 12.5 Å². The molecule has 1 atom stereocenters. The van der Waals surface area contributed by atoms with Gasteiger partial charge in [0.2, 0.25) is 0 Å². The Kier molecular flexibility index (Phi) is 4.97. The Morgan fingerprint density at radius 2 is 2.00 bits per heavy atom. The maximum Gasteiger partial charge on any atom is 0.345 e. The molecule has 0 aromatic heterocycles. The Bertz CT molecular complexity index is 414. The van der Waals surface area contributed by atoms with Crippen LogP contribution in [0.1, 0.15) is 19.4 Å². The number of ether oxygens (including phenoxy) is 2. The van der Waals surface area contributed by atoms with E-state index in [0.29, 0.717) is 17.1 Å². The van der Waals surface area contributed by atoms with Crippen molar-refractivity contribution in [1.82, 2.24) is 0 Å². The Morgan fingerprint density at radius 3 is 2.44 bits per heavy atom. The summed E-state index contributed by atoms with van der Waals surface area (Å²) in [5.41, 5.74) is 0.677. The molecule has 0 amide bonds. The number of benzene rings is 1. The van der Waals surface area contributed by atoms with Gasteiger partial charge >= 0.3 is 5.97 Å². The molecule has 0 heterocycles. The zero-order chi connectivity index (χ0) is 13.7. The van der Waals surface area contributed by atoms with Crippen LogP contribution >= 0.6 is 0 Å². The quantitative estimate of drug-likeness (QED) is 0.807. The summed E-state index contributed by atoms with van der Waals surface area (Å²) in [6.07, 6.45) is -0.932. The molecular weight excluding hydrogens is 236 g/mol. The van der Waals surface area contributed by atoms with Crippen molar-refractivity contribution in [2.24, 2.45) is 5.92 Å². The molecule has 0 aliphatic carbocycles. The van der Waals surface area contributed by atoms with Crippen LogP contribution in [-0.4, -0.2) is 29.4 Å². The van der Waals surface area contributed by atoms with Gasteiger partial charge in [-0.1, -0.05) is 19.9 Å². The first-order chi connectivity index (χ1) is 8.49. The van der Waals surface area contributed by atoms with Crippen LogP contribution in [0.5, 0.6) is 11.5 Å². The topological polar surface area (TPSA) is 76.0 Å². The van der Waals surface area contributed by atoms with Crippen LogP contribution in [0.3, 0.4) is 0 Å². The van der Waals surface area contributed by atoms with Gasteiger partial charge in [0, 0.05) is 5.92 Å². The van der Waals surface area contributed by atoms with Gasteiger partial charge < -0.3 is 19.7 Å². The predicted molar refractivity (Wildman–Crippen MR) is 65.8 cm³/mol. The zero-order valence-corrected chi connectivity index (χ0v) is 10.7. The van der Waals surface area contributed by atoms with Gasteiger partial charge in [0.1, 0.15) is 0 Å². The molecule has 1 aromatic rings. The van der Waals surface area contributed by atoms with E-state index in [1.54, 1.807) is 32.0 Å². The highest BCUT2D eigenvalue weighted by Gasteiger charge is 2.24. The van der Waals surface area contributed by atoms with Crippen LogP contribution in [-0.2, 0) is 11.4 Å². The van der Waals surface area contributed by atoms with Gasteiger partial charge in [-0.25, -0.2) is 4.79 Å². The van der Waals surface area contributed by atoms with Crippen LogP contribution in [0.2, 0.25) is 0 Å². The van der Waals surface area contributed by atoms with Crippen molar-refractivity contribution in [1.29, 1.82) is 0 Å². The Labute approximate surface area is 106 Å². The summed E-state index contributed by atoms with van der Waals surface area (Å²) in [5, 5.41) is 18.1. The second-order valence-corrected chi connectivity index (χ2v) is 4.26. The largest absolute Gasteiger partial charge is 0.493 e. The van der Waals surface area contributed by atoms with Crippen molar-refractivity contribution in [3.8, 4) is 11.5 Å². The number of rotatable bonds is 6. The monoisotopic (exact) mass is 254 g/mol. The Morgan fingerprint density at radius 1 is 1.33 bits per heavy atom. The number of hydrogen-bond acceptors (Lipinski definition) is 4. The van der Waals surface area contributed by atoms with Gasteiger partial charge in [-0.15, -0.1) is 0 Å². The lowest BCUT2D eigenvalue weighted by Gasteiger charge is -2.20. The number of aliphatic carboxylic acids is 1. The highest BCUT2D eigenvalue weighted by Crippen LogP contribution is 2.30. The maximum absolute atomic E-state index is 11.1. The van der Waals surface area contributed by atoms with Gasteiger partial charge in [0.05, 0.1) is 13.7 Å². The summed E-state index contributed by atoms with van der Waals surface area (Å²) in [7, 11) is 1.47. The van der Waals surface area contributed by atoms with E-state index in [4.69, 9.17) is 19.7 Å². The number of hydrogen-bond donors (Lipinski definition) is 2. The van der Waals surface area contributed by atoms with Crippen LogP contribution in [0.15, 0.2) is 18.2 Å². The Hall–Kier alpha value is -1.75. The molecule has 0 spiro atoms. The van der Waals surface area contributed by atoms with Gasteiger partial charge in [-0.05, 0) is 17.7 Å². The molecule has 0 aliphatic rings. The van der Waals surface area contributed by atoms with Crippen LogP contribution in [0.4, 0.5) is 0 Å². The third-order valence-corrected chi connectivity index (χ3v) is 2.51. The van der Waals surface area contributed by atoms with Crippen molar-refractivity contribution in [3.63, 3.8) is 0 Å². The molecule has 1 rings (SSSR count). The lowest BCUT2D eigenvalue weighted by atomic mass is 10.1. The number of carboxylic acid groups (broad SMARTS) is 1. The van der Waals surface area contributed by atoms with Crippen LogP contribution in [0, 0.1) is 5.92 Å². The van der Waals surface area contributed by atoms with Gasteiger partial charge in [0.25, 0.3) is 0 Å². The van der Waals surface area contributed by atoms with E-state index in [1.165, 1.54) is 7.11 Å². The minimum Gasteiger partial charge on any atom is -0.493 e. The van der Waals surface area contributed by atoms with E-state index in [1.807, 2.05) is 0 Å². The molecule has 1 aromatic carbocycles. The van der Waals surface area contributed by atoms with E-state index < -0.39 is 12.1 Å².